The molecule has 0 aromatic heterocycles. The SMILES string of the molecule is CC(F)(CBr)CS(C)(=O)=O. The fourth-order valence-corrected chi connectivity index (χ4v) is 2.24. The molecule has 0 aromatic carbocycles. The van der Waals surface area contributed by atoms with Crippen molar-refractivity contribution in [2.45, 2.75) is 12.6 Å². The molecule has 0 fully saturated rings. The van der Waals surface area contributed by atoms with E-state index in [4.69, 9.17) is 0 Å². The Morgan fingerprint density at radius 2 is 2.00 bits per heavy atom. The van der Waals surface area contributed by atoms with E-state index >= 15 is 0 Å². The third-order valence-corrected chi connectivity index (χ3v) is 3.14. The lowest BCUT2D eigenvalue weighted by atomic mass is 10.2. The molecule has 0 rings (SSSR count). The highest BCUT2D eigenvalue weighted by Crippen LogP contribution is 2.15. The van der Waals surface area contributed by atoms with Crippen LogP contribution >= 0.6 is 15.9 Å². The monoisotopic (exact) mass is 232 g/mol. The van der Waals surface area contributed by atoms with Gasteiger partial charge in [-0.2, -0.15) is 0 Å². The third kappa shape index (κ3) is 5.17. The van der Waals surface area contributed by atoms with Gasteiger partial charge in [-0.25, -0.2) is 12.8 Å². The highest BCUT2D eigenvalue weighted by atomic mass is 79.9. The van der Waals surface area contributed by atoms with Crippen LogP contribution in [0.1, 0.15) is 6.92 Å². The molecule has 0 heterocycles. The summed E-state index contributed by atoms with van der Waals surface area (Å²) in [5.41, 5.74) is -1.65. The van der Waals surface area contributed by atoms with E-state index in [2.05, 4.69) is 15.9 Å². The zero-order valence-corrected chi connectivity index (χ0v) is 8.30. The number of hydrogen-bond donors (Lipinski definition) is 0. The smallest absolute Gasteiger partial charge is 0.150 e. The number of alkyl halides is 2. The Morgan fingerprint density at radius 1 is 1.60 bits per heavy atom. The molecule has 0 bridgehead atoms. The lowest BCUT2D eigenvalue weighted by Crippen LogP contribution is -2.30. The average molecular weight is 233 g/mol. The maximum atomic E-state index is 12.9. The first-order valence-electron chi connectivity index (χ1n) is 2.69. The van der Waals surface area contributed by atoms with Gasteiger partial charge in [-0.1, -0.05) is 15.9 Å². The molecule has 0 amide bonds. The van der Waals surface area contributed by atoms with E-state index in [-0.39, 0.29) is 5.33 Å². The summed E-state index contributed by atoms with van der Waals surface area (Å²) in [7, 11) is -3.20. The molecule has 2 nitrogen and oxygen atoms in total. The molecule has 0 radical (unpaired) electrons. The lowest BCUT2D eigenvalue weighted by molar-refractivity contribution is 0.257. The maximum absolute atomic E-state index is 12.9. The lowest BCUT2D eigenvalue weighted by Gasteiger charge is -2.14. The molecular formula is C5H10BrFO2S. The molecule has 0 aliphatic carbocycles. The average Bonchev–Trinajstić information content (AvgIpc) is 1.60. The number of sulfone groups is 1. The molecule has 0 aromatic rings. The largest absolute Gasteiger partial charge is 0.242 e. The van der Waals surface area contributed by atoms with Crippen LogP contribution in [0.5, 0.6) is 0 Å². The molecule has 62 valence electrons. The van der Waals surface area contributed by atoms with Crippen LogP contribution in [0.25, 0.3) is 0 Å². The van der Waals surface area contributed by atoms with Gasteiger partial charge in [-0.15, -0.1) is 0 Å². The Bertz CT molecular complexity index is 198. The van der Waals surface area contributed by atoms with Crippen LogP contribution < -0.4 is 0 Å². The summed E-state index contributed by atoms with van der Waals surface area (Å²) in [6.07, 6.45) is 1.02. The van der Waals surface area contributed by atoms with Gasteiger partial charge in [-0.05, 0) is 6.92 Å². The van der Waals surface area contributed by atoms with Gasteiger partial charge in [0.25, 0.3) is 0 Å². The van der Waals surface area contributed by atoms with Crippen molar-refractivity contribution in [2.75, 3.05) is 17.3 Å². The maximum Gasteiger partial charge on any atom is 0.150 e. The van der Waals surface area contributed by atoms with E-state index < -0.39 is 21.3 Å². The molecule has 0 saturated carbocycles. The molecule has 0 aliphatic rings. The first kappa shape index (κ1) is 10.4. The summed E-state index contributed by atoms with van der Waals surface area (Å²) < 4.78 is 34.0. The van der Waals surface area contributed by atoms with E-state index in [1.54, 1.807) is 0 Å². The van der Waals surface area contributed by atoms with E-state index in [0.717, 1.165) is 6.26 Å². The van der Waals surface area contributed by atoms with Crippen LogP contribution in [0.3, 0.4) is 0 Å². The summed E-state index contributed by atoms with van der Waals surface area (Å²) in [6.45, 7) is 1.25. The third-order valence-electron chi connectivity index (χ3n) is 0.842. The van der Waals surface area contributed by atoms with Crippen molar-refractivity contribution in [3.05, 3.63) is 0 Å². The quantitative estimate of drug-likeness (QED) is 0.685. The highest BCUT2D eigenvalue weighted by molar-refractivity contribution is 9.09. The van der Waals surface area contributed by atoms with Crippen molar-refractivity contribution < 1.29 is 12.8 Å². The van der Waals surface area contributed by atoms with Crippen LogP contribution in [0.15, 0.2) is 0 Å². The normalized spacial score (nSPS) is 18.4. The fraction of sp³-hybridized carbons (Fsp3) is 1.00. The summed E-state index contributed by atoms with van der Waals surface area (Å²) in [5.74, 6) is -0.425. The van der Waals surface area contributed by atoms with Crippen LogP contribution in [0, 0.1) is 0 Å². The van der Waals surface area contributed by atoms with Crippen LogP contribution in [0.4, 0.5) is 4.39 Å². The summed E-state index contributed by atoms with van der Waals surface area (Å²) in [5, 5.41) is 0.0487. The Balaban J connectivity index is 4.16. The van der Waals surface area contributed by atoms with E-state index in [1.165, 1.54) is 6.92 Å². The van der Waals surface area contributed by atoms with Gasteiger partial charge in [0.1, 0.15) is 5.67 Å². The number of rotatable bonds is 3. The van der Waals surface area contributed by atoms with Gasteiger partial charge >= 0.3 is 0 Å². The fourth-order valence-electron chi connectivity index (χ4n) is 0.585. The van der Waals surface area contributed by atoms with Crippen molar-refractivity contribution in [2.24, 2.45) is 0 Å². The van der Waals surface area contributed by atoms with Crippen LogP contribution in [-0.2, 0) is 9.84 Å². The van der Waals surface area contributed by atoms with Gasteiger partial charge in [-0.3, -0.25) is 0 Å². The first-order valence-corrected chi connectivity index (χ1v) is 5.88. The van der Waals surface area contributed by atoms with E-state index in [1.807, 2.05) is 0 Å². The standard InChI is InChI=1S/C5H10BrFO2S/c1-5(7,3-6)4-10(2,8)9/h3-4H2,1-2H3. The Hall–Kier alpha value is 0.360. The van der Waals surface area contributed by atoms with Gasteiger partial charge in [0.15, 0.2) is 9.84 Å². The van der Waals surface area contributed by atoms with Gasteiger partial charge in [0, 0.05) is 11.6 Å². The molecule has 0 N–H and O–H groups in total. The molecule has 5 heteroatoms. The highest BCUT2D eigenvalue weighted by Gasteiger charge is 2.26. The van der Waals surface area contributed by atoms with Crippen LogP contribution in [-0.4, -0.2) is 31.4 Å². The summed E-state index contributed by atoms with van der Waals surface area (Å²) >= 11 is 2.88. The minimum absolute atomic E-state index is 0.0487. The predicted molar refractivity (Wildman–Crippen MR) is 43.0 cm³/mol. The van der Waals surface area contributed by atoms with E-state index in [9.17, 15) is 12.8 Å². The topological polar surface area (TPSA) is 34.1 Å². The molecule has 1 atom stereocenters. The van der Waals surface area contributed by atoms with Crippen molar-refractivity contribution in [1.82, 2.24) is 0 Å². The number of hydrogen-bond acceptors (Lipinski definition) is 2. The zero-order valence-electron chi connectivity index (χ0n) is 5.89. The van der Waals surface area contributed by atoms with E-state index in [0.29, 0.717) is 0 Å². The molecule has 0 saturated heterocycles. The first-order chi connectivity index (χ1) is 4.27. The van der Waals surface area contributed by atoms with Gasteiger partial charge in [0.05, 0.1) is 5.75 Å². The molecule has 1 unspecified atom stereocenters. The van der Waals surface area contributed by atoms with Crippen molar-refractivity contribution >= 4 is 25.8 Å². The minimum Gasteiger partial charge on any atom is -0.242 e. The number of halogens is 2. The van der Waals surface area contributed by atoms with Crippen molar-refractivity contribution in [1.29, 1.82) is 0 Å². The van der Waals surface area contributed by atoms with Gasteiger partial charge < -0.3 is 0 Å². The minimum atomic E-state index is -3.20. The predicted octanol–water partition coefficient (Wildman–Crippen LogP) is 1.15. The van der Waals surface area contributed by atoms with Gasteiger partial charge in [0.2, 0.25) is 0 Å². The second kappa shape index (κ2) is 3.17. The molecule has 0 aliphatic heterocycles. The van der Waals surface area contributed by atoms with Crippen LogP contribution in [0.2, 0.25) is 0 Å². The van der Waals surface area contributed by atoms with Crippen molar-refractivity contribution in [3.8, 4) is 0 Å². The zero-order chi connectivity index (χ0) is 8.41. The second-order valence-electron chi connectivity index (χ2n) is 2.62. The molecule has 10 heavy (non-hydrogen) atoms. The Labute approximate surface area is 68.9 Å². The summed E-state index contributed by atoms with van der Waals surface area (Å²) in [6, 6.07) is 0. The molecule has 0 spiro atoms. The summed E-state index contributed by atoms with van der Waals surface area (Å²) in [4.78, 5) is 0. The Kier molecular flexibility index (Phi) is 3.29. The van der Waals surface area contributed by atoms with Crippen molar-refractivity contribution in [3.63, 3.8) is 0 Å². The second-order valence-corrected chi connectivity index (χ2v) is 5.32. The Morgan fingerprint density at radius 3 is 2.10 bits per heavy atom. The molecular weight excluding hydrogens is 223 g/mol.